The van der Waals surface area contributed by atoms with Gasteiger partial charge in [-0.15, -0.1) is 21.5 Å². The van der Waals surface area contributed by atoms with E-state index in [1.807, 2.05) is 12.3 Å². The first-order chi connectivity index (χ1) is 10.7. The Balaban J connectivity index is 1.51. The smallest absolute Gasteiger partial charge is 0.174 e. The molecule has 0 unspecified atom stereocenters. The predicted molar refractivity (Wildman–Crippen MR) is 87.1 cm³/mol. The summed E-state index contributed by atoms with van der Waals surface area (Å²) in [6.45, 7) is 2.33. The first-order valence-electron chi connectivity index (χ1n) is 6.43. The Labute approximate surface area is 139 Å². The maximum atomic E-state index is 12.8. The van der Waals surface area contributed by atoms with Crippen LogP contribution < -0.4 is 4.74 Å². The predicted octanol–water partition coefficient (Wildman–Crippen LogP) is 4.31. The molecule has 0 saturated heterocycles. The lowest BCUT2D eigenvalue weighted by Gasteiger charge is -2.03. The highest BCUT2D eigenvalue weighted by Crippen LogP contribution is 2.26. The second kappa shape index (κ2) is 7.17. The maximum absolute atomic E-state index is 12.8. The van der Waals surface area contributed by atoms with Crippen molar-refractivity contribution >= 4 is 34.4 Å². The standard InChI is InChI=1S/C14H12FN3OS3/c1-9-17-18-14(22-9)21-8-11-7-20-13(16-11)6-19-12-4-2-10(15)3-5-12/h2-5,7H,6,8H2,1H3. The Kier molecular flexibility index (Phi) is 5.01. The van der Waals surface area contributed by atoms with Crippen LogP contribution in [-0.4, -0.2) is 15.2 Å². The molecule has 2 heterocycles. The van der Waals surface area contributed by atoms with Crippen molar-refractivity contribution in [2.24, 2.45) is 0 Å². The zero-order chi connectivity index (χ0) is 15.4. The number of aryl methyl sites for hydroxylation is 1. The molecule has 8 heteroatoms. The third-order valence-electron chi connectivity index (χ3n) is 2.63. The van der Waals surface area contributed by atoms with Crippen molar-refractivity contribution in [2.45, 2.75) is 23.6 Å². The van der Waals surface area contributed by atoms with Crippen molar-refractivity contribution in [1.82, 2.24) is 15.2 Å². The molecule has 0 aliphatic carbocycles. The van der Waals surface area contributed by atoms with E-state index < -0.39 is 0 Å². The van der Waals surface area contributed by atoms with Gasteiger partial charge in [0.2, 0.25) is 0 Å². The molecule has 2 aromatic heterocycles. The number of thiazole rings is 1. The Morgan fingerprint density at radius 3 is 2.77 bits per heavy atom. The van der Waals surface area contributed by atoms with Crippen LogP contribution in [0.4, 0.5) is 4.39 Å². The molecule has 0 fully saturated rings. The highest BCUT2D eigenvalue weighted by atomic mass is 32.2. The Morgan fingerprint density at radius 1 is 1.23 bits per heavy atom. The summed E-state index contributed by atoms with van der Waals surface area (Å²) < 4.78 is 19.3. The zero-order valence-electron chi connectivity index (χ0n) is 11.7. The molecule has 0 aliphatic heterocycles. The summed E-state index contributed by atoms with van der Waals surface area (Å²) in [4.78, 5) is 4.52. The fraction of sp³-hybridized carbons (Fsp3) is 0.214. The normalized spacial score (nSPS) is 10.8. The zero-order valence-corrected chi connectivity index (χ0v) is 14.1. The highest BCUT2D eigenvalue weighted by Gasteiger charge is 2.06. The molecule has 4 nitrogen and oxygen atoms in total. The second-order valence-corrected chi connectivity index (χ2v) is 7.70. The van der Waals surface area contributed by atoms with E-state index in [1.165, 1.54) is 12.1 Å². The van der Waals surface area contributed by atoms with Crippen LogP contribution in [0.15, 0.2) is 34.0 Å². The van der Waals surface area contributed by atoms with E-state index in [0.717, 1.165) is 25.8 Å². The van der Waals surface area contributed by atoms with Crippen LogP contribution in [0.2, 0.25) is 0 Å². The van der Waals surface area contributed by atoms with E-state index in [9.17, 15) is 4.39 Å². The number of halogens is 1. The van der Waals surface area contributed by atoms with Gasteiger partial charge in [0.05, 0.1) is 5.69 Å². The molecule has 0 amide bonds. The van der Waals surface area contributed by atoms with E-state index in [2.05, 4.69) is 15.2 Å². The molecule has 3 aromatic rings. The van der Waals surface area contributed by atoms with Crippen molar-refractivity contribution in [1.29, 1.82) is 0 Å². The minimum absolute atomic E-state index is 0.271. The fourth-order valence-corrected chi connectivity index (χ4v) is 4.15. The quantitative estimate of drug-likeness (QED) is 0.618. The lowest BCUT2D eigenvalue weighted by atomic mass is 10.3. The number of hydrogen-bond donors (Lipinski definition) is 0. The molecule has 0 bridgehead atoms. The SMILES string of the molecule is Cc1nnc(SCc2csc(COc3ccc(F)cc3)n2)s1. The average molecular weight is 353 g/mol. The number of ether oxygens (including phenoxy) is 1. The Bertz CT molecular complexity index is 742. The number of benzene rings is 1. The van der Waals surface area contributed by atoms with Crippen LogP contribution in [-0.2, 0) is 12.4 Å². The van der Waals surface area contributed by atoms with Gasteiger partial charge in [0.1, 0.15) is 28.2 Å². The van der Waals surface area contributed by atoms with E-state index in [0.29, 0.717) is 12.4 Å². The Hall–Kier alpha value is -1.51. The van der Waals surface area contributed by atoms with Crippen molar-refractivity contribution in [2.75, 3.05) is 0 Å². The van der Waals surface area contributed by atoms with Crippen LogP contribution in [0.5, 0.6) is 5.75 Å². The lowest BCUT2D eigenvalue weighted by molar-refractivity contribution is 0.305. The third kappa shape index (κ3) is 4.25. The highest BCUT2D eigenvalue weighted by molar-refractivity contribution is 8.00. The van der Waals surface area contributed by atoms with Gasteiger partial charge in [0, 0.05) is 11.1 Å². The van der Waals surface area contributed by atoms with Crippen LogP contribution in [0, 0.1) is 12.7 Å². The summed E-state index contributed by atoms with van der Waals surface area (Å²) in [7, 11) is 0. The lowest BCUT2D eigenvalue weighted by Crippen LogP contribution is -1.95. The van der Waals surface area contributed by atoms with Gasteiger partial charge in [-0.05, 0) is 31.2 Å². The summed E-state index contributed by atoms with van der Waals surface area (Å²) in [5.41, 5.74) is 1.00. The fourth-order valence-electron chi connectivity index (χ4n) is 1.63. The molecule has 0 N–H and O–H groups in total. The van der Waals surface area contributed by atoms with Crippen molar-refractivity contribution in [3.05, 3.63) is 51.2 Å². The molecule has 0 radical (unpaired) electrons. The largest absolute Gasteiger partial charge is 0.486 e. The molecule has 1 aromatic carbocycles. The summed E-state index contributed by atoms with van der Waals surface area (Å²) in [6.07, 6.45) is 0. The van der Waals surface area contributed by atoms with Crippen molar-refractivity contribution in [3.8, 4) is 5.75 Å². The van der Waals surface area contributed by atoms with Crippen LogP contribution in [0.1, 0.15) is 15.7 Å². The summed E-state index contributed by atoms with van der Waals surface area (Å²) in [6, 6.07) is 5.97. The number of nitrogens with zero attached hydrogens (tertiary/aromatic N) is 3. The molecule has 22 heavy (non-hydrogen) atoms. The monoisotopic (exact) mass is 353 g/mol. The van der Waals surface area contributed by atoms with Crippen molar-refractivity contribution < 1.29 is 9.13 Å². The molecular weight excluding hydrogens is 341 g/mol. The van der Waals surface area contributed by atoms with E-state index in [4.69, 9.17) is 4.74 Å². The summed E-state index contributed by atoms with van der Waals surface area (Å²) in [5.74, 6) is 1.13. The number of aromatic nitrogens is 3. The van der Waals surface area contributed by atoms with E-state index in [-0.39, 0.29) is 5.82 Å². The van der Waals surface area contributed by atoms with Crippen LogP contribution >= 0.6 is 34.4 Å². The molecule has 0 saturated carbocycles. The maximum Gasteiger partial charge on any atom is 0.174 e. The molecule has 0 aliphatic rings. The Morgan fingerprint density at radius 2 is 2.05 bits per heavy atom. The van der Waals surface area contributed by atoms with Gasteiger partial charge in [-0.1, -0.05) is 23.1 Å². The van der Waals surface area contributed by atoms with Gasteiger partial charge in [0.15, 0.2) is 4.34 Å². The molecule has 0 atom stereocenters. The van der Waals surface area contributed by atoms with E-state index >= 15 is 0 Å². The number of rotatable bonds is 6. The summed E-state index contributed by atoms with van der Waals surface area (Å²) >= 11 is 4.77. The minimum Gasteiger partial charge on any atom is -0.486 e. The minimum atomic E-state index is -0.271. The molecular formula is C14H12FN3OS3. The first-order valence-corrected chi connectivity index (χ1v) is 9.12. The van der Waals surface area contributed by atoms with Gasteiger partial charge >= 0.3 is 0 Å². The number of hydrogen-bond acceptors (Lipinski definition) is 7. The third-order valence-corrected chi connectivity index (χ3v) is 5.50. The number of thioether (sulfide) groups is 1. The van der Waals surface area contributed by atoms with Gasteiger partial charge in [-0.3, -0.25) is 0 Å². The van der Waals surface area contributed by atoms with Crippen LogP contribution in [0.3, 0.4) is 0 Å². The van der Waals surface area contributed by atoms with Gasteiger partial charge in [-0.25, -0.2) is 9.37 Å². The van der Waals surface area contributed by atoms with Gasteiger partial charge in [-0.2, -0.15) is 0 Å². The van der Waals surface area contributed by atoms with Crippen LogP contribution in [0.25, 0.3) is 0 Å². The molecule has 114 valence electrons. The second-order valence-electron chi connectivity index (χ2n) is 4.35. The van der Waals surface area contributed by atoms with Crippen molar-refractivity contribution in [3.63, 3.8) is 0 Å². The van der Waals surface area contributed by atoms with E-state index in [1.54, 1.807) is 46.6 Å². The summed E-state index contributed by atoms with van der Waals surface area (Å²) in [5, 5.41) is 11.9. The topological polar surface area (TPSA) is 47.9 Å². The average Bonchev–Trinajstić information content (AvgIpc) is 3.13. The van der Waals surface area contributed by atoms with Gasteiger partial charge in [0.25, 0.3) is 0 Å². The first kappa shape index (κ1) is 15.4. The molecule has 0 spiro atoms. The molecule has 3 rings (SSSR count). The van der Waals surface area contributed by atoms with Gasteiger partial charge < -0.3 is 4.74 Å².